The molecular formula is C13H14F3NO3. The molecule has 1 atom stereocenters. The lowest BCUT2D eigenvalue weighted by Gasteiger charge is -2.19. The van der Waals surface area contributed by atoms with E-state index >= 15 is 0 Å². The van der Waals surface area contributed by atoms with Crippen LogP contribution in [0.3, 0.4) is 0 Å². The number of piperidine rings is 1. The lowest BCUT2D eigenvalue weighted by Crippen LogP contribution is -2.38. The third kappa shape index (κ3) is 4.91. The molecule has 0 saturated carbocycles. The van der Waals surface area contributed by atoms with Crippen LogP contribution >= 0.6 is 0 Å². The Labute approximate surface area is 113 Å². The van der Waals surface area contributed by atoms with Gasteiger partial charge in [0.15, 0.2) is 11.6 Å². The first-order valence-electron chi connectivity index (χ1n) is 5.89. The van der Waals surface area contributed by atoms with E-state index in [1.807, 2.05) is 0 Å². The number of methoxy groups -OCH3 is 1. The molecule has 1 heterocycles. The topological polar surface area (TPSA) is 55.4 Å². The predicted molar refractivity (Wildman–Crippen MR) is 64.1 cm³/mol. The molecule has 0 unspecified atom stereocenters. The van der Waals surface area contributed by atoms with E-state index in [2.05, 4.69) is 10.1 Å². The van der Waals surface area contributed by atoms with E-state index in [1.165, 1.54) is 7.11 Å². The number of hydrogen-bond donors (Lipinski definition) is 1. The van der Waals surface area contributed by atoms with Crippen molar-refractivity contribution in [3.8, 4) is 0 Å². The molecule has 0 spiro atoms. The zero-order chi connectivity index (χ0) is 15.1. The molecule has 110 valence electrons. The smallest absolute Gasteiger partial charge is 0.310 e. The van der Waals surface area contributed by atoms with Gasteiger partial charge < -0.3 is 10.1 Å². The zero-order valence-electron chi connectivity index (χ0n) is 10.8. The Hall–Kier alpha value is -2.05. The van der Waals surface area contributed by atoms with E-state index in [-0.39, 0.29) is 17.8 Å². The molecule has 0 radical (unpaired) electrons. The summed E-state index contributed by atoms with van der Waals surface area (Å²) in [5, 5.41) is 2.61. The summed E-state index contributed by atoms with van der Waals surface area (Å²) in [7, 11) is 1.36. The number of amides is 1. The number of hydrogen-bond acceptors (Lipinski definition) is 3. The SMILES string of the molecule is COC(=O)[C@@H]1CCC(=O)NC1.Fc1ccc(F)c(F)c1. The average molecular weight is 289 g/mol. The first-order valence-corrected chi connectivity index (χ1v) is 5.89. The summed E-state index contributed by atoms with van der Waals surface area (Å²) in [6, 6.07) is 2.10. The molecule has 1 fully saturated rings. The Kier molecular flexibility index (Phi) is 6.02. The molecule has 1 aliphatic rings. The highest BCUT2D eigenvalue weighted by Gasteiger charge is 2.24. The highest BCUT2D eigenvalue weighted by atomic mass is 19.2. The van der Waals surface area contributed by atoms with Crippen LogP contribution in [0.1, 0.15) is 12.8 Å². The predicted octanol–water partition coefficient (Wildman–Crippen LogP) is 1.79. The minimum Gasteiger partial charge on any atom is -0.469 e. The van der Waals surface area contributed by atoms with Crippen LogP contribution in [0.4, 0.5) is 13.2 Å². The number of benzene rings is 1. The molecule has 0 aliphatic carbocycles. The van der Waals surface area contributed by atoms with Gasteiger partial charge in [-0.15, -0.1) is 0 Å². The summed E-state index contributed by atoms with van der Waals surface area (Å²) < 4.78 is 40.4. The first-order chi connectivity index (χ1) is 9.43. The van der Waals surface area contributed by atoms with E-state index < -0.39 is 17.5 Å². The molecule has 0 aromatic heterocycles. The van der Waals surface area contributed by atoms with Gasteiger partial charge in [-0.25, -0.2) is 13.2 Å². The van der Waals surface area contributed by atoms with Crippen LogP contribution in [0, 0.1) is 23.4 Å². The number of ether oxygens (including phenoxy) is 1. The quantitative estimate of drug-likeness (QED) is 0.633. The zero-order valence-corrected chi connectivity index (χ0v) is 10.8. The van der Waals surface area contributed by atoms with Crippen molar-refractivity contribution in [3.05, 3.63) is 35.7 Å². The molecule has 1 amide bonds. The first kappa shape index (κ1) is 16.0. The lowest BCUT2D eigenvalue weighted by atomic mass is 10.00. The molecule has 0 bridgehead atoms. The summed E-state index contributed by atoms with van der Waals surface area (Å²) in [6.07, 6.45) is 1.04. The number of carbonyl (C=O) groups excluding carboxylic acids is 2. The number of esters is 1. The summed E-state index contributed by atoms with van der Waals surface area (Å²) in [6.45, 7) is 0.422. The minimum absolute atomic E-state index is 0.0187. The van der Waals surface area contributed by atoms with Crippen LogP contribution in [-0.4, -0.2) is 25.5 Å². The minimum atomic E-state index is -1.16. The number of rotatable bonds is 1. The molecule has 4 nitrogen and oxygen atoms in total. The maximum atomic E-state index is 12.0. The van der Waals surface area contributed by atoms with E-state index in [1.54, 1.807) is 0 Å². The molecule has 1 aromatic carbocycles. The van der Waals surface area contributed by atoms with E-state index in [4.69, 9.17) is 0 Å². The van der Waals surface area contributed by atoms with Crippen molar-refractivity contribution in [2.75, 3.05) is 13.7 Å². The Morgan fingerprint density at radius 2 is 2.00 bits per heavy atom. The van der Waals surface area contributed by atoms with Crippen molar-refractivity contribution < 1.29 is 27.5 Å². The molecule has 1 aliphatic heterocycles. The third-order valence-electron chi connectivity index (χ3n) is 2.68. The van der Waals surface area contributed by atoms with Gasteiger partial charge in [-0.05, 0) is 18.6 Å². The number of nitrogens with one attached hydrogen (secondary N) is 1. The number of halogens is 3. The second-order valence-corrected chi connectivity index (χ2v) is 4.12. The highest BCUT2D eigenvalue weighted by molar-refractivity contribution is 5.80. The van der Waals surface area contributed by atoms with Gasteiger partial charge in [-0.3, -0.25) is 9.59 Å². The van der Waals surface area contributed by atoms with Gasteiger partial charge in [-0.2, -0.15) is 0 Å². The van der Waals surface area contributed by atoms with Gasteiger partial charge in [-0.1, -0.05) is 0 Å². The van der Waals surface area contributed by atoms with Gasteiger partial charge >= 0.3 is 5.97 Å². The van der Waals surface area contributed by atoms with Gasteiger partial charge in [0, 0.05) is 19.0 Å². The van der Waals surface area contributed by atoms with Gasteiger partial charge in [0.1, 0.15) is 5.82 Å². The molecular weight excluding hydrogens is 275 g/mol. The van der Waals surface area contributed by atoms with Crippen molar-refractivity contribution in [1.82, 2.24) is 5.32 Å². The monoisotopic (exact) mass is 289 g/mol. The third-order valence-corrected chi connectivity index (χ3v) is 2.68. The fourth-order valence-corrected chi connectivity index (χ4v) is 1.57. The molecule has 2 rings (SSSR count). The van der Waals surface area contributed by atoms with Crippen LogP contribution in [0.2, 0.25) is 0 Å². The Morgan fingerprint density at radius 3 is 2.45 bits per heavy atom. The fourth-order valence-electron chi connectivity index (χ4n) is 1.57. The largest absolute Gasteiger partial charge is 0.469 e. The second kappa shape index (κ2) is 7.52. The van der Waals surface area contributed by atoms with Gasteiger partial charge in [0.25, 0.3) is 0 Å². The van der Waals surface area contributed by atoms with E-state index in [0.717, 1.165) is 12.1 Å². The maximum Gasteiger partial charge on any atom is 0.310 e. The van der Waals surface area contributed by atoms with Crippen LogP contribution < -0.4 is 5.32 Å². The summed E-state index contributed by atoms with van der Waals surface area (Å²) in [5.74, 6) is -3.31. The molecule has 1 N–H and O–H groups in total. The van der Waals surface area contributed by atoms with Gasteiger partial charge in [0.2, 0.25) is 5.91 Å². The molecule has 20 heavy (non-hydrogen) atoms. The van der Waals surface area contributed by atoms with Crippen LogP contribution in [0.25, 0.3) is 0 Å². The normalized spacial score (nSPS) is 17.6. The molecule has 1 aromatic rings. The van der Waals surface area contributed by atoms with Crippen molar-refractivity contribution in [1.29, 1.82) is 0 Å². The van der Waals surface area contributed by atoms with Crippen molar-refractivity contribution in [3.63, 3.8) is 0 Å². The number of carbonyl (C=O) groups is 2. The van der Waals surface area contributed by atoms with E-state index in [0.29, 0.717) is 25.5 Å². The highest BCUT2D eigenvalue weighted by Crippen LogP contribution is 2.11. The fraction of sp³-hybridized carbons (Fsp3) is 0.385. The summed E-state index contributed by atoms with van der Waals surface area (Å²) in [4.78, 5) is 21.6. The Bertz CT molecular complexity index is 484. The second-order valence-electron chi connectivity index (χ2n) is 4.12. The van der Waals surface area contributed by atoms with Gasteiger partial charge in [0.05, 0.1) is 13.0 Å². The van der Waals surface area contributed by atoms with Crippen LogP contribution in [-0.2, 0) is 14.3 Å². The van der Waals surface area contributed by atoms with Crippen LogP contribution in [0.5, 0.6) is 0 Å². The van der Waals surface area contributed by atoms with Crippen molar-refractivity contribution in [2.45, 2.75) is 12.8 Å². The van der Waals surface area contributed by atoms with Crippen LogP contribution in [0.15, 0.2) is 18.2 Å². The Morgan fingerprint density at radius 1 is 1.30 bits per heavy atom. The average Bonchev–Trinajstić information content (AvgIpc) is 2.44. The maximum absolute atomic E-state index is 12.0. The standard InChI is InChI=1S/C7H11NO3.C6H3F3/c1-11-7(10)5-2-3-6(9)8-4-5;7-4-1-2-5(8)6(9)3-4/h5H,2-4H2,1H3,(H,8,9);1-3H/t5-;/m1./s1. The Balaban J connectivity index is 0.000000204. The summed E-state index contributed by atoms with van der Waals surface area (Å²) >= 11 is 0. The summed E-state index contributed by atoms with van der Waals surface area (Å²) in [5.41, 5.74) is 0. The van der Waals surface area contributed by atoms with Crippen molar-refractivity contribution in [2.24, 2.45) is 5.92 Å². The molecule has 7 heteroatoms. The van der Waals surface area contributed by atoms with Crippen molar-refractivity contribution >= 4 is 11.9 Å². The molecule has 1 saturated heterocycles. The van der Waals surface area contributed by atoms with E-state index in [9.17, 15) is 22.8 Å². The lowest BCUT2D eigenvalue weighted by molar-refractivity contribution is -0.146.